The van der Waals surface area contributed by atoms with Crippen molar-refractivity contribution in [2.75, 3.05) is 13.1 Å². The number of allylic oxidation sites excluding steroid dienone is 1. The Labute approximate surface area is 135 Å². The molecule has 1 aliphatic heterocycles. The fourth-order valence-electron chi connectivity index (χ4n) is 2.97. The molecule has 0 bridgehead atoms. The summed E-state index contributed by atoms with van der Waals surface area (Å²) in [5.74, 6) is 3.94. The van der Waals surface area contributed by atoms with Crippen LogP contribution >= 0.6 is 0 Å². The van der Waals surface area contributed by atoms with Crippen LogP contribution in [0.1, 0.15) is 31.2 Å². The molecule has 0 atom stereocenters. The van der Waals surface area contributed by atoms with E-state index in [4.69, 9.17) is 0 Å². The van der Waals surface area contributed by atoms with Gasteiger partial charge in [0, 0.05) is 6.54 Å². The van der Waals surface area contributed by atoms with Crippen molar-refractivity contribution in [3.63, 3.8) is 0 Å². The largest absolute Gasteiger partial charge is 0.441 e. The van der Waals surface area contributed by atoms with Crippen LogP contribution in [0.2, 0.25) is 0 Å². The van der Waals surface area contributed by atoms with Gasteiger partial charge in [-0.3, -0.25) is 4.90 Å². The van der Waals surface area contributed by atoms with Crippen molar-refractivity contribution < 1.29 is 4.21 Å². The van der Waals surface area contributed by atoms with Gasteiger partial charge in [-0.2, -0.15) is 16.4 Å². The third-order valence-corrected chi connectivity index (χ3v) is 4.57. The maximum Gasteiger partial charge on any atom is 0.0233 e. The lowest BCUT2D eigenvalue weighted by Gasteiger charge is -2.33. The van der Waals surface area contributed by atoms with E-state index >= 15 is 0 Å². The second-order valence-electron chi connectivity index (χ2n) is 5.77. The van der Waals surface area contributed by atoms with Gasteiger partial charge in [0.1, 0.15) is 0 Å². The van der Waals surface area contributed by atoms with Crippen LogP contribution < -0.4 is 0 Å². The zero-order valence-corrected chi connectivity index (χ0v) is 13.9. The number of likely N-dealkylation sites (tertiary alicyclic amines) is 1. The lowest BCUT2D eigenvalue weighted by molar-refractivity contribution is 0.201. The first-order chi connectivity index (χ1) is 10.7. The van der Waals surface area contributed by atoms with E-state index in [0.29, 0.717) is 5.92 Å². The molecule has 22 heavy (non-hydrogen) atoms. The van der Waals surface area contributed by atoms with Crippen molar-refractivity contribution in [3.05, 3.63) is 48.6 Å². The van der Waals surface area contributed by atoms with E-state index in [9.17, 15) is 4.21 Å². The van der Waals surface area contributed by atoms with Crippen molar-refractivity contribution in [2.45, 2.75) is 32.2 Å². The van der Waals surface area contributed by atoms with Crippen LogP contribution in [-0.2, 0) is 21.3 Å². The minimum absolute atomic E-state index is 0.442. The summed E-state index contributed by atoms with van der Waals surface area (Å²) < 4.78 is 15.6. The smallest absolute Gasteiger partial charge is 0.0233 e. The van der Waals surface area contributed by atoms with E-state index in [1.165, 1.54) is 5.56 Å². The Morgan fingerprint density at radius 2 is 2.00 bits per heavy atom. The first-order valence-electron chi connectivity index (χ1n) is 7.85. The second kappa shape index (κ2) is 8.91. The Morgan fingerprint density at radius 1 is 1.32 bits per heavy atom. The van der Waals surface area contributed by atoms with Gasteiger partial charge in [0.25, 0.3) is 0 Å². The summed E-state index contributed by atoms with van der Waals surface area (Å²) in [6, 6.07) is 10.6. The molecule has 1 heterocycles. The molecule has 1 fully saturated rings. The summed E-state index contributed by atoms with van der Waals surface area (Å²) >= 11 is 0. The molecule has 2 rings (SSSR count). The van der Waals surface area contributed by atoms with E-state index in [1.54, 1.807) is 0 Å². The second-order valence-corrected chi connectivity index (χ2v) is 6.59. The predicted molar refractivity (Wildman–Crippen MR) is 96.5 cm³/mol. The van der Waals surface area contributed by atoms with Gasteiger partial charge in [-0.1, -0.05) is 36.4 Å². The molecule has 1 aliphatic rings. The van der Waals surface area contributed by atoms with E-state index in [-0.39, 0.29) is 0 Å². The van der Waals surface area contributed by atoms with Crippen LogP contribution in [0.25, 0.3) is 0 Å². The molecule has 3 nitrogen and oxygen atoms in total. The molecule has 120 valence electrons. The van der Waals surface area contributed by atoms with E-state index in [1.807, 2.05) is 6.08 Å². The highest BCUT2D eigenvalue weighted by molar-refractivity contribution is 7.81. The number of rotatable bonds is 7. The highest BCUT2D eigenvalue weighted by atomic mass is 32.2. The monoisotopic (exact) mass is 317 g/mol. The molecule has 0 saturated carbocycles. The van der Waals surface area contributed by atoms with Gasteiger partial charge in [-0.05, 0) is 56.0 Å². The highest BCUT2D eigenvalue weighted by Gasteiger charge is 2.22. The average molecular weight is 317 g/mol. The minimum atomic E-state index is -1.35. The first-order valence-corrected chi connectivity index (χ1v) is 9.13. The van der Waals surface area contributed by atoms with E-state index in [2.05, 4.69) is 52.1 Å². The van der Waals surface area contributed by atoms with E-state index in [0.717, 1.165) is 51.0 Å². The number of hydrogen-bond donors (Lipinski definition) is 0. The van der Waals surface area contributed by atoms with Crippen molar-refractivity contribution in [2.24, 2.45) is 10.3 Å². The number of nitrogens with zero attached hydrogens (tertiary/aromatic N) is 2. The predicted octanol–water partition coefficient (Wildman–Crippen LogP) is 3.62. The molecule has 0 spiro atoms. The Bertz CT molecular complexity index is 562. The van der Waals surface area contributed by atoms with Crippen LogP contribution in [0, 0.1) is 5.92 Å². The first kappa shape index (κ1) is 17.0. The number of benzene rings is 1. The fraction of sp³-hybridized carbons (Fsp3) is 0.444. The molecule has 0 aliphatic carbocycles. The molecule has 0 amide bonds. The van der Waals surface area contributed by atoms with Crippen LogP contribution in [0.5, 0.6) is 0 Å². The fourth-order valence-corrected chi connectivity index (χ4v) is 3.47. The Kier molecular flexibility index (Phi) is 6.87. The standard InChI is InChI=1S/C18H25N2OS/c1-3-4-10-18(19-22(2)21)17-11-13-20(14-12-17)15-16-8-6-5-7-9-16/h3,5-9,17H,1-2,4,10-15H2/q-1. The van der Waals surface area contributed by atoms with Crippen LogP contribution in [0.3, 0.4) is 0 Å². The zero-order chi connectivity index (χ0) is 15.8. The molecule has 0 N–H and O–H groups in total. The van der Waals surface area contributed by atoms with Crippen LogP contribution in [-0.4, -0.2) is 29.6 Å². The normalized spacial score (nSPS) is 17.8. The molecule has 1 saturated heterocycles. The third-order valence-electron chi connectivity index (χ3n) is 4.13. The quantitative estimate of drug-likeness (QED) is 0.333. The SMILES string of the molecule is C=CCCC(=N[S-](=C)=O)C1CCN(Cc2ccccc2)CC1. The summed E-state index contributed by atoms with van der Waals surface area (Å²) in [4.78, 5) is 2.48. The number of hydrogen-bond acceptors (Lipinski definition) is 3. The minimum Gasteiger partial charge on any atom is -0.441 e. The van der Waals surface area contributed by atoms with Crippen LogP contribution in [0.15, 0.2) is 47.4 Å². The zero-order valence-electron chi connectivity index (χ0n) is 13.1. The highest BCUT2D eigenvalue weighted by Crippen LogP contribution is 2.22. The molecule has 1 aromatic rings. The Morgan fingerprint density at radius 3 is 2.59 bits per heavy atom. The van der Waals surface area contributed by atoms with Crippen molar-refractivity contribution in [3.8, 4) is 0 Å². The van der Waals surface area contributed by atoms with Gasteiger partial charge in [-0.15, -0.1) is 6.58 Å². The van der Waals surface area contributed by atoms with Crippen molar-refractivity contribution in [1.29, 1.82) is 0 Å². The molecule has 4 heteroatoms. The van der Waals surface area contributed by atoms with Gasteiger partial charge >= 0.3 is 0 Å². The maximum absolute atomic E-state index is 11.3. The number of piperidine rings is 1. The topological polar surface area (TPSA) is 32.7 Å². The third kappa shape index (κ3) is 5.43. The summed E-state index contributed by atoms with van der Waals surface area (Å²) in [6.07, 6.45) is 5.81. The van der Waals surface area contributed by atoms with Gasteiger partial charge in [-0.25, -0.2) is 0 Å². The van der Waals surface area contributed by atoms with Crippen molar-refractivity contribution >= 4 is 22.2 Å². The summed E-state index contributed by atoms with van der Waals surface area (Å²) in [6.45, 7) is 6.90. The van der Waals surface area contributed by atoms with E-state index < -0.39 is 10.6 Å². The summed E-state index contributed by atoms with van der Waals surface area (Å²) in [5.41, 5.74) is 2.42. The van der Waals surface area contributed by atoms with Gasteiger partial charge in [0.15, 0.2) is 0 Å². The lowest BCUT2D eigenvalue weighted by Crippen LogP contribution is -2.36. The summed E-state index contributed by atoms with van der Waals surface area (Å²) in [5, 5.41) is 0. The Balaban J connectivity index is 1.90. The molecule has 0 unspecified atom stereocenters. The van der Waals surface area contributed by atoms with Crippen LogP contribution in [0.4, 0.5) is 0 Å². The average Bonchev–Trinajstić information content (AvgIpc) is 2.53. The van der Waals surface area contributed by atoms with Gasteiger partial charge < -0.3 is 8.61 Å². The maximum atomic E-state index is 11.3. The molecular formula is C18H25N2OS-. The Hall–Kier alpha value is -1.39. The lowest BCUT2D eigenvalue weighted by atomic mass is 9.89. The van der Waals surface area contributed by atoms with Gasteiger partial charge in [0.2, 0.25) is 0 Å². The molecule has 0 radical (unpaired) electrons. The molecular weight excluding hydrogens is 292 g/mol. The van der Waals surface area contributed by atoms with Gasteiger partial charge in [0.05, 0.1) is 0 Å². The molecule has 1 aromatic carbocycles. The van der Waals surface area contributed by atoms with Crippen molar-refractivity contribution in [1.82, 2.24) is 4.90 Å². The molecule has 0 aromatic heterocycles. The summed E-state index contributed by atoms with van der Waals surface area (Å²) in [7, 11) is -1.35.